The van der Waals surface area contributed by atoms with Gasteiger partial charge in [-0.2, -0.15) is 0 Å². The smallest absolute Gasteiger partial charge is 0.0603 e. The third-order valence-corrected chi connectivity index (χ3v) is 2.72. The van der Waals surface area contributed by atoms with E-state index in [-0.39, 0.29) is 12.4 Å². The predicted molar refractivity (Wildman–Crippen MR) is 51.9 cm³/mol. The Kier molecular flexibility index (Phi) is 4.33. The zero-order valence-corrected chi connectivity index (χ0v) is 8.24. The first-order valence-electron chi connectivity index (χ1n) is 4.81. The molecule has 72 valence electrons. The van der Waals surface area contributed by atoms with Gasteiger partial charge in [-0.05, 0) is 45.2 Å². The summed E-state index contributed by atoms with van der Waals surface area (Å²) in [5.41, 5.74) is 0. The second-order valence-electron chi connectivity index (χ2n) is 3.64. The standard InChI is InChI=1S/C9H17NO.ClH/c1-2-8(3-1)11-9-4-6-10-7-5-9;/h8-10H,1-7H2;1H. The van der Waals surface area contributed by atoms with Crippen LogP contribution in [0.5, 0.6) is 0 Å². The molecule has 2 nitrogen and oxygen atoms in total. The van der Waals surface area contributed by atoms with E-state index in [2.05, 4.69) is 5.32 Å². The summed E-state index contributed by atoms with van der Waals surface area (Å²) in [6.07, 6.45) is 7.64. The maximum atomic E-state index is 5.89. The molecule has 0 bridgehead atoms. The van der Waals surface area contributed by atoms with Crippen LogP contribution in [-0.4, -0.2) is 25.3 Å². The van der Waals surface area contributed by atoms with E-state index < -0.39 is 0 Å². The molecule has 0 atom stereocenters. The molecule has 0 radical (unpaired) electrons. The Hall–Kier alpha value is 0.210. The van der Waals surface area contributed by atoms with E-state index >= 15 is 0 Å². The molecule has 12 heavy (non-hydrogen) atoms. The SMILES string of the molecule is C1CC(OC2CCNCC2)C1.Cl. The van der Waals surface area contributed by atoms with Crippen LogP contribution in [0.3, 0.4) is 0 Å². The molecule has 0 aromatic rings. The van der Waals surface area contributed by atoms with Gasteiger partial charge in [0.1, 0.15) is 0 Å². The second-order valence-corrected chi connectivity index (χ2v) is 3.64. The molecule has 1 aliphatic heterocycles. The minimum atomic E-state index is 0. The van der Waals surface area contributed by atoms with Crippen molar-refractivity contribution in [3.8, 4) is 0 Å². The van der Waals surface area contributed by atoms with Crippen molar-refractivity contribution in [1.82, 2.24) is 5.32 Å². The van der Waals surface area contributed by atoms with Crippen LogP contribution >= 0.6 is 12.4 Å². The zero-order valence-electron chi connectivity index (χ0n) is 7.42. The fourth-order valence-corrected chi connectivity index (χ4v) is 1.71. The summed E-state index contributed by atoms with van der Waals surface area (Å²) in [6.45, 7) is 2.30. The first-order chi connectivity index (χ1) is 5.45. The van der Waals surface area contributed by atoms with E-state index in [1.165, 1.54) is 32.1 Å². The highest BCUT2D eigenvalue weighted by atomic mass is 35.5. The van der Waals surface area contributed by atoms with Crippen LogP contribution in [0.25, 0.3) is 0 Å². The Balaban J connectivity index is 0.000000720. The highest BCUT2D eigenvalue weighted by molar-refractivity contribution is 5.85. The van der Waals surface area contributed by atoms with Gasteiger partial charge in [0, 0.05) is 0 Å². The van der Waals surface area contributed by atoms with Crippen molar-refractivity contribution in [1.29, 1.82) is 0 Å². The van der Waals surface area contributed by atoms with E-state index in [0.29, 0.717) is 12.2 Å². The normalized spacial score (nSPS) is 26.0. The van der Waals surface area contributed by atoms with Gasteiger partial charge in [-0.3, -0.25) is 0 Å². The lowest BCUT2D eigenvalue weighted by atomic mass is 9.95. The minimum Gasteiger partial charge on any atom is -0.375 e. The molecule has 2 fully saturated rings. The number of rotatable bonds is 2. The van der Waals surface area contributed by atoms with E-state index in [4.69, 9.17) is 4.74 Å². The van der Waals surface area contributed by atoms with Gasteiger partial charge < -0.3 is 10.1 Å². The Morgan fingerprint density at radius 3 is 2.00 bits per heavy atom. The fourth-order valence-electron chi connectivity index (χ4n) is 1.71. The van der Waals surface area contributed by atoms with Crippen molar-refractivity contribution in [2.75, 3.05) is 13.1 Å². The van der Waals surface area contributed by atoms with Crippen molar-refractivity contribution in [3.63, 3.8) is 0 Å². The van der Waals surface area contributed by atoms with Crippen LogP contribution in [0.15, 0.2) is 0 Å². The number of nitrogens with one attached hydrogen (secondary N) is 1. The number of hydrogen-bond acceptors (Lipinski definition) is 2. The summed E-state index contributed by atoms with van der Waals surface area (Å²) in [5, 5.41) is 3.34. The number of ether oxygens (including phenoxy) is 1. The lowest BCUT2D eigenvalue weighted by molar-refractivity contribution is -0.0617. The van der Waals surface area contributed by atoms with Crippen LogP contribution in [0.1, 0.15) is 32.1 Å². The monoisotopic (exact) mass is 191 g/mol. The fraction of sp³-hybridized carbons (Fsp3) is 1.00. The van der Waals surface area contributed by atoms with Gasteiger partial charge in [0.2, 0.25) is 0 Å². The molecule has 3 heteroatoms. The highest BCUT2D eigenvalue weighted by Gasteiger charge is 2.23. The van der Waals surface area contributed by atoms with Gasteiger partial charge in [0.25, 0.3) is 0 Å². The molecule has 1 aliphatic carbocycles. The topological polar surface area (TPSA) is 21.3 Å². The van der Waals surface area contributed by atoms with E-state index in [1.54, 1.807) is 0 Å². The third kappa shape index (κ3) is 2.61. The van der Waals surface area contributed by atoms with Crippen molar-refractivity contribution >= 4 is 12.4 Å². The molecular formula is C9H18ClNO. The lowest BCUT2D eigenvalue weighted by Gasteiger charge is -2.32. The summed E-state index contributed by atoms with van der Waals surface area (Å²) in [5.74, 6) is 0. The van der Waals surface area contributed by atoms with Crippen molar-refractivity contribution in [2.24, 2.45) is 0 Å². The van der Waals surface area contributed by atoms with Crippen LogP contribution in [0, 0.1) is 0 Å². The van der Waals surface area contributed by atoms with Gasteiger partial charge in [-0.15, -0.1) is 12.4 Å². The van der Waals surface area contributed by atoms with Gasteiger partial charge in [0.15, 0.2) is 0 Å². The predicted octanol–water partition coefficient (Wildman–Crippen LogP) is 1.73. The molecule has 0 spiro atoms. The first kappa shape index (κ1) is 10.3. The Labute approximate surface area is 80.5 Å². The van der Waals surface area contributed by atoms with Gasteiger partial charge in [-0.25, -0.2) is 0 Å². The van der Waals surface area contributed by atoms with Gasteiger partial charge in [0.05, 0.1) is 12.2 Å². The van der Waals surface area contributed by atoms with Crippen molar-refractivity contribution in [3.05, 3.63) is 0 Å². The molecule has 1 heterocycles. The Morgan fingerprint density at radius 1 is 0.917 bits per heavy atom. The Morgan fingerprint density at radius 2 is 1.50 bits per heavy atom. The van der Waals surface area contributed by atoms with Crippen molar-refractivity contribution < 1.29 is 4.74 Å². The highest BCUT2D eigenvalue weighted by Crippen LogP contribution is 2.25. The molecule has 1 N–H and O–H groups in total. The molecule has 2 rings (SSSR count). The number of piperidine rings is 1. The van der Waals surface area contributed by atoms with Crippen LogP contribution in [-0.2, 0) is 4.74 Å². The largest absolute Gasteiger partial charge is 0.375 e. The lowest BCUT2D eigenvalue weighted by Crippen LogP contribution is -2.36. The summed E-state index contributed by atoms with van der Waals surface area (Å²) in [6, 6.07) is 0. The van der Waals surface area contributed by atoms with E-state index in [1.807, 2.05) is 0 Å². The van der Waals surface area contributed by atoms with Crippen molar-refractivity contribution in [2.45, 2.75) is 44.3 Å². The summed E-state index contributed by atoms with van der Waals surface area (Å²) < 4.78 is 5.89. The molecule has 0 aromatic carbocycles. The van der Waals surface area contributed by atoms with Crippen LogP contribution < -0.4 is 5.32 Å². The number of halogens is 1. The molecule has 1 saturated heterocycles. The first-order valence-corrected chi connectivity index (χ1v) is 4.81. The average Bonchev–Trinajstić information content (AvgIpc) is 1.99. The molecule has 0 unspecified atom stereocenters. The summed E-state index contributed by atoms with van der Waals surface area (Å²) >= 11 is 0. The van der Waals surface area contributed by atoms with E-state index in [0.717, 1.165) is 13.1 Å². The summed E-state index contributed by atoms with van der Waals surface area (Å²) in [4.78, 5) is 0. The van der Waals surface area contributed by atoms with Crippen LogP contribution in [0.4, 0.5) is 0 Å². The van der Waals surface area contributed by atoms with Crippen LogP contribution in [0.2, 0.25) is 0 Å². The molecule has 0 aromatic heterocycles. The molecule has 0 amide bonds. The molecular weight excluding hydrogens is 174 g/mol. The maximum absolute atomic E-state index is 5.89. The quantitative estimate of drug-likeness (QED) is 0.718. The third-order valence-electron chi connectivity index (χ3n) is 2.72. The maximum Gasteiger partial charge on any atom is 0.0603 e. The average molecular weight is 192 g/mol. The second kappa shape index (κ2) is 5.05. The molecule has 1 saturated carbocycles. The Bertz CT molecular complexity index is 122. The molecule has 2 aliphatic rings. The minimum absolute atomic E-state index is 0. The summed E-state index contributed by atoms with van der Waals surface area (Å²) in [7, 11) is 0. The zero-order chi connectivity index (χ0) is 7.52. The van der Waals surface area contributed by atoms with Gasteiger partial charge >= 0.3 is 0 Å². The number of hydrogen-bond donors (Lipinski definition) is 1. The van der Waals surface area contributed by atoms with E-state index in [9.17, 15) is 0 Å². The van der Waals surface area contributed by atoms with Gasteiger partial charge in [-0.1, -0.05) is 0 Å².